The lowest BCUT2D eigenvalue weighted by molar-refractivity contribution is 0.0939. The van der Waals surface area contributed by atoms with Crippen LogP contribution >= 0.6 is 11.7 Å². The molecule has 1 aromatic carbocycles. The molecule has 0 aliphatic heterocycles. The zero-order valence-corrected chi connectivity index (χ0v) is 12.0. The molecule has 21 heavy (non-hydrogen) atoms. The molecule has 108 valence electrons. The minimum Gasteiger partial charge on any atom is -0.391 e. The maximum absolute atomic E-state index is 12.1. The van der Waals surface area contributed by atoms with Gasteiger partial charge >= 0.3 is 0 Å². The van der Waals surface area contributed by atoms with Gasteiger partial charge < -0.3 is 14.9 Å². The van der Waals surface area contributed by atoms with E-state index in [1.165, 1.54) is 0 Å². The SMILES string of the molecule is Cc1onc(C(=O)NCc2ccc3nsnc3c2)c1CO. The smallest absolute Gasteiger partial charge is 0.274 e. The number of nitrogens with zero attached hydrogens (tertiary/aromatic N) is 3. The predicted octanol–water partition coefficient (Wildman–Crippen LogP) is 1.41. The van der Waals surface area contributed by atoms with Crippen molar-refractivity contribution in [2.75, 3.05) is 0 Å². The lowest BCUT2D eigenvalue weighted by Gasteiger charge is -2.04. The summed E-state index contributed by atoms with van der Waals surface area (Å²) in [5.74, 6) is 0.0602. The molecule has 8 heteroatoms. The Morgan fingerprint density at radius 1 is 1.38 bits per heavy atom. The Morgan fingerprint density at radius 3 is 3.00 bits per heavy atom. The van der Waals surface area contributed by atoms with Crippen molar-refractivity contribution in [1.29, 1.82) is 0 Å². The highest BCUT2D eigenvalue weighted by molar-refractivity contribution is 7.00. The average molecular weight is 304 g/mol. The summed E-state index contributed by atoms with van der Waals surface area (Å²) >= 11 is 1.15. The molecule has 1 amide bonds. The molecule has 0 aliphatic carbocycles. The summed E-state index contributed by atoms with van der Waals surface area (Å²) in [4.78, 5) is 12.1. The summed E-state index contributed by atoms with van der Waals surface area (Å²) in [5.41, 5.74) is 3.08. The molecule has 2 heterocycles. The molecule has 0 bridgehead atoms. The van der Waals surface area contributed by atoms with Crippen molar-refractivity contribution in [3.05, 3.63) is 40.8 Å². The number of aromatic nitrogens is 3. The molecule has 0 atom stereocenters. The van der Waals surface area contributed by atoms with Crippen molar-refractivity contribution in [1.82, 2.24) is 19.2 Å². The van der Waals surface area contributed by atoms with E-state index in [4.69, 9.17) is 4.52 Å². The van der Waals surface area contributed by atoms with Crippen molar-refractivity contribution in [2.45, 2.75) is 20.1 Å². The number of hydrogen-bond donors (Lipinski definition) is 2. The molecule has 2 aromatic heterocycles. The van der Waals surface area contributed by atoms with Crippen LogP contribution in [0.2, 0.25) is 0 Å². The summed E-state index contributed by atoms with van der Waals surface area (Å²) in [7, 11) is 0. The number of hydrogen-bond acceptors (Lipinski definition) is 7. The van der Waals surface area contributed by atoms with Gasteiger partial charge in [0.15, 0.2) is 5.69 Å². The van der Waals surface area contributed by atoms with Gasteiger partial charge in [-0.25, -0.2) is 0 Å². The molecule has 3 aromatic rings. The average Bonchev–Trinajstić information content (AvgIpc) is 3.10. The normalized spacial score (nSPS) is 11.0. The van der Waals surface area contributed by atoms with Crippen molar-refractivity contribution >= 4 is 28.7 Å². The fourth-order valence-corrected chi connectivity index (χ4v) is 2.48. The first-order valence-electron chi connectivity index (χ1n) is 6.24. The third kappa shape index (κ3) is 2.63. The lowest BCUT2D eigenvalue weighted by atomic mass is 10.1. The maximum atomic E-state index is 12.1. The maximum Gasteiger partial charge on any atom is 0.274 e. The van der Waals surface area contributed by atoms with Crippen LogP contribution in [0, 0.1) is 6.92 Å². The highest BCUT2D eigenvalue weighted by Crippen LogP contribution is 2.15. The number of carbonyl (C=O) groups is 1. The van der Waals surface area contributed by atoms with Gasteiger partial charge in [-0.1, -0.05) is 11.2 Å². The first kappa shape index (κ1) is 13.7. The molecule has 0 fully saturated rings. The second-order valence-corrected chi connectivity index (χ2v) is 5.02. The van der Waals surface area contributed by atoms with Crippen LogP contribution in [0.5, 0.6) is 0 Å². The largest absolute Gasteiger partial charge is 0.391 e. The van der Waals surface area contributed by atoms with Gasteiger partial charge in [0, 0.05) is 6.54 Å². The molecule has 0 unspecified atom stereocenters. The van der Waals surface area contributed by atoms with Gasteiger partial charge in [0.2, 0.25) is 0 Å². The van der Waals surface area contributed by atoms with Crippen molar-refractivity contribution in [2.24, 2.45) is 0 Å². The van der Waals surface area contributed by atoms with Gasteiger partial charge in [-0.2, -0.15) is 8.75 Å². The van der Waals surface area contributed by atoms with E-state index in [1.54, 1.807) is 6.92 Å². The Morgan fingerprint density at radius 2 is 2.19 bits per heavy atom. The number of amides is 1. The van der Waals surface area contributed by atoms with Crippen LogP contribution in [0.1, 0.15) is 27.4 Å². The second kappa shape index (κ2) is 5.58. The van der Waals surface area contributed by atoms with E-state index in [1.807, 2.05) is 18.2 Å². The third-order valence-electron chi connectivity index (χ3n) is 3.13. The highest BCUT2D eigenvalue weighted by atomic mass is 32.1. The number of aliphatic hydroxyl groups excluding tert-OH is 1. The standard InChI is InChI=1S/C13H12N4O3S/c1-7-9(6-18)12(15-20-7)13(19)14-5-8-2-3-10-11(4-8)17-21-16-10/h2-4,18H,5-6H2,1H3,(H,14,19). The Hall–Kier alpha value is -2.32. The Kier molecular flexibility index (Phi) is 3.63. The van der Waals surface area contributed by atoms with Crippen molar-refractivity contribution in [3.8, 4) is 0 Å². The van der Waals surface area contributed by atoms with E-state index in [0.29, 0.717) is 17.9 Å². The van der Waals surface area contributed by atoms with Crippen LogP contribution < -0.4 is 5.32 Å². The Balaban J connectivity index is 1.73. The summed E-state index contributed by atoms with van der Waals surface area (Å²) < 4.78 is 13.2. The molecular weight excluding hydrogens is 292 g/mol. The molecule has 2 N–H and O–H groups in total. The van der Waals surface area contributed by atoms with Crippen LogP contribution in [-0.4, -0.2) is 24.9 Å². The van der Waals surface area contributed by atoms with Gasteiger partial charge in [-0.05, 0) is 24.6 Å². The molecule has 3 rings (SSSR count). The number of aliphatic hydroxyl groups is 1. The summed E-state index contributed by atoms with van der Waals surface area (Å²) in [6.07, 6.45) is 0. The highest BCUT2D eigenvalue weighted by Gasteiger charge is 2.18. The van der Waals surface area contributed by atoms with Crippen LogP contribution in [-0.2, 0) is 13.2 Å². The number of aryl methyl sites for hydroxylation is 1. The van der Waals surface area contributed by atoms with Gasteiger partial charge in [-0.15, -0.1) is 0 Å². The molecule has 0 saturated carbocycles. The Bertz CT molecular complexity index is 796. The van der Waals surface area contributed by atoms with Crippen LogP contribution in [0.15, 0.2) is 22.7 Å². The summed E-state index contributed by atoms with van der Waals surface area (Å²) in [6.45, 7) is 1.70. The van der Waals surface area contributed by atoms with Crippen LogP contribution in [0.25, 0.3) is 11.0 Å². The minimum absolute atomic E-state index is 0.117. The lowest BCUT2D eigenvalue weighted by Crippen LogP contribution is -2.24. The molecular formula is C13H12N4O3S. The van der Waals surface area contributed by atoms with E-state index in [2.05, 4.69) is 19.2 Å². The van der Waals surface area contributed by atoms with Crippen LogP contribution in [0.3, 0.4) is 0 Å². The molecule has 7 nitrogen and oxygen atoms in total. The first-order chi connectivity index (χ1) is 10.2. The van der Waals surface area contributed by atoms with E-state index in [9.17, 15) is 9.90 Å². The summed E-state index contributed by atoms with van der Waals surface area (Å²) in [5, 5.41) is 15.6. The summed E-state index contributed by atoms with van der Waals surface area (Å²) in [6, 6.07) is 5.62. The van der Waals surface area contributed by atoms with E-state index >= 15 is 0 Å². The fraction of sp³-hybridized carbons (Fsp3) is 0.231. The fourth-order valence-electron chi connectivity index (χ4n) is 1.96. The monoisotopic (exact) mass is 304 g/mol. The minimum atomic E-state index is -0.382. The van der Waals surface area contributed by atoms with Gasteiger partial charge in [0.25, 0.3) is 5.91 Å². The van der Waals surface area contributed by atoms with Crippen molar-refractivity contribution in [3.63, 3.8) is 0 Å². The number of fused-ring (bicyclic) bond motifs is 1. The molecule has 0 aliphatic rings. The second-order valence-electron chi connectivity index (χ2n) is 4.49. The van der Waals surface area contributed by atoms with Crippen LogP contribution in [0.4, 0.5) is 0 Å². The van der Waals surface area contributed by atoms with Gasteiger partial charge in [0.1, 0.15) is 16.8 Å². The zero-order chi connectivity index (χ0) is 14.8. The molecule has 0 radical (unpaired) electrons. The first-order valence-corrected chi connectivity index (χ1v) is 6.97. The molecule has 0 spiro atoms. The van der Waals surface area contributed by atoms with Gasteiger partial charge in [0.05, 0.1) is 23.9 Å². The number of nitrogens with one attached hydrogen (secondary N) is 1. The van der Waals surface area contributed by atoms with E-state index in [0.717, 1.165) is 28.3 Å². The predicted molar refractivity (Wildman–Crippen MR) is 75.7 cm³/mol. The Labute approximate surface area is 123 Å². The number of rotatable bonds is 4. The quantitative estimate of drug-likeness (QED) is 0.755. The topological polar surface area (TPSA) is 101 Å². The van der Waals surface area contributed by atoms with E-state index in [-0.39, 0.29) is 18.2 Å². The zero-order valence-electron chi connectivity index (χ0n) is 11.2. The molecule has 0 saturated heterocycles. The number of benzene rings is 1. The third-order valence-corrected chi connectivity index (χ3v) is 3.69. The van der Waals surface area contributed by atoms with Crippen molar-refractivity contribution < 1.29 is 14.4 Å². The number of carbonyl (C=O) groups excluding carboxylic acids is 1. The van der Waals surface area contributed by atoms with Gasteiger partial charge in [-0.3, -0.25) is 4.79 Å². The van der Waals surface area contributed by atoms with E-state index < -0.39 is 0 Å².